The Morgan fingerprint density at radius 2 is 2.24 bits per heavy atom. The highest BCUT2D eigenvalue weighted by Gasteiger charge is 2.13. The first-order chi connectivity index (χ1) is 10.2. The molecule has 0 aliphatic carbocycles. The molecule has 0 saturated carbocycles. The Kier molecular flexibility index (Phi) is 5.28. The van der Waals surface area contributed by atoms with Gasteiger partial charge in [0.25, 0.3) is 5.91 Å². The Morgan fingerprint density at radius 3 is 3.00 bits per heavy atom. The average Bonchev–Trinajstić information content (AvgIpc) is 2.95. The summed E-state index contributed by atoms with van der Waals surface area (Å²) >= 11 is 0. The Hall–Kier alpha value is -2.41. The molecule has 2 aromatic rings. The van der Waals surface area contributed by atoms with E-state index in [1.54, 1.807) is 12.3 Å². The minimum atomic E-state index is -0.328. The van der Waals surface area contributed by atoms with Gasteiger partial charge in [-0.05, 0) is 18.6 Å². The number of nitrogens with zero attached hydrogens (tertiary/aromatic N) is 3. The lowest BCUT2D eigenvalue weighted by Crippen LogP contribution is -2.14. The molecule has 1 aromatic heterocycles. The van der Waals surface area contributed by atoms with Crippen LogP contribution in [0.3, 0.4) is 0 Å². The lowest BCUT2D eigenvalue weighted by Gasteiger charge is -2.10. The van der Waals surface area contributed by atoms with Gasteiger partial charge in [-0.2, -0.15) is 0 Å². The zero-order chi connectivity index (χ0) is 15.1. The number of aromatic nitrogens is 3. The van der Waals surface area contributed by atoms with Gasteiger partial charge in [0.15, 0.2) is 5.69 Å². The lowest BCUT2D eigenvalue weighted by molar-refractivity contribution is 0.102. The van der Waals surface area contributed by atoms with Crippen LogP contribution in [0, 0.1) is 0 Å². The van der Waals surface area contributed by atoms with Gasteiger partial charge in [0, 0.05) is 6.54 Å². The number of hydrogen-bond donors (Lipinski definition) is 2. The number of amides is 1. The fraction of sp³-hybridized carbons (Fsp3) is 0.357. The van der Waals surface area contributed by atoms with Crippen molar-refractivity contribution in [1.82, 2.24) is 15.0 Å². The van der Waals surface area contributed by atoms with E-state index < -0.39 is 0 Å². The third-order valence-electron chi connectivity index (χ3n) is 2.73. The van der Waals surface area contributed by atoms with Gasteiger partial charge >= 0.3 is 0 Å². The SMILES string of the molecule is CCCOc1ccccc1NC(=O)c1cn(CCN)nn1. The molecule has 0 radical (unpaired) electrons. The second kappa shape index (κ2) is 7.39. The van der Waals surface area contributed by atoms with Gasteiger partial charge in [-0.15, -0.1) is 5.10 Å². The van der Waals surface area contributed by atoms with E-state index in [1.165, 1.54) is 4.68 Å². The van der Waals surface area contributed by atoms with Crippen molar-refractivity contribution in [2.75, 3.05) is 18.5 Å². The molecule has 0 spiro atoms. The van der Waals surface area contributed by atoms with Crippen LogP contribution in [0.4, 0.5) is 5.69 Å². The Bertz CT molecular complexity index is 597. The minimum absolute atomic E-state index is 0.244. The molecule has 2 rings (SSSR count). The molecule has 1 amide bonds. The number of benzene rings is 1. The van der Waals surface area contributed by atoms with E-state index in [4.69, 9.17) is 10.5 Å². The van der Waals surface area contributed by atoms with E-state index in [2.05, 4.69) is 15.6 Å². The first-order valence-corrected chi connectivity index (χ1v) is 6.88. The highest BCUT2D eigenvalue weighted by atomic mass is 16.5. The zero-order valence-electron chi connectivity index (χ0n) is 12.0. The van der Waals surface area contributed by atoms with E-state index in [9.17, 15) is 4.79 Å². The van der Waals surface area contributed by atoms with Crippen LogP contribution in [0.15, 0.2) is 30.5 Å². The molecule has 1 heterocycles. The van der Waals surface area contributed by atoms with Gasteiger partial charge in [0.1, 0.15) is 5.75 Å². The quantitative estimate of drug-likeness (QED) is 0.800. The maximum Gasteiger partial charge on any atom is 0.277 e. The molecule has 3 N–H and O–H groups in total. The van der Waals surface area contributed by atoms with Crippen molar-refractivity contribution in [3.8, 4) is 5.75 Å². The van der Waals surface area contributed by atoms with Crippen LogP contribution in [0.1, 0.15) is 23.8 Å². The summed E-state index contributed by atoms with van der Waals surface area (Å²) in [5.74, 6) is 0.313. The van der Waals surface area contributed by atoms with E-state index in [-0.39, 0.29) is 11.6 Å². The van der Waals surface area contributed by atoms with Crippen LogP contribution in [0.2, 0.25) is 0 Å². The largest absolute Gasteiger partial charge is 0.491 e. The number of anilines is 1. The number of carbonyl (C=O) groups is 1. The topological polar surface area (TPSA) is 95.1 Å². The molecule has 0 fully saturated rings. The average molecular weight is 289 g/mol. The molecule has 0 saturated heterocycles. The van der Waals surface area contributed by atoms with Crippen molar-refractivity contribution >= 4 is 11.6 Å². The smallest absolute Gasteiger partial charge is 0.277 e. The number of carbonyl (C=O) groups excluding carboxylic acids is 1. The summed E-state index contributed by atoms with van der Waals surface area (Å²) in [4.78, 5) is 12.1. The molecule has 0 atom stereocenters. The molecular weight excluding hydrogens is 270 g/mol. The molecule has 7 heteroatoms. The van der Waals surface area contributed by atoms with E-state index in [0.29, 0.717) is 31.1 Å². The summed E-state index contributed by atoms with van der Waals surface area (Å²) in [5, 5.41) is 10.4. The summed E-state index contributed by atoms with van der Waals surface area (Å²) in [5.41, 5.74) is 6.29. The lowest BCUT2D eigenvalue weighted by atomic mass is 10.3. The highest BCUT2D eigenvalue weighted by molar-refractivity contribution is 6.03. The molecule has 21 heavy (non-hydrogen) atoms. The molecule has 1 aromatic carbocycles. The molecule has 0 unspecified atom stereocenters. The normalized spacial score (nSPS) is 10.4. The number of ether oxygens (including phenoxy) is 1. The molecule has 7 nitrogen and oxygen atoms in total. The second-order valence-electron chi connectivity index (χ2n) is 4.45. The molecular formula is C14H19N5O2. The van der Waals surface area contributed by atoms with Crippen LogP contribution in [-0.2, 0) is 6.54 Å². The first kappa shape index (κ1) is 15.0. The van der Waals surface area contributed by atoms with E-state index in [1.807, 2.05) is 25.1 Å². The van der Waals surface area contributed by atoms with Crippen molar-refractivity contribution in [2.45, 2.75) is 19.9 Å². The van der Waals surface area contributed by atoms with Crippen molar-refractivity contribution < 1.29 is 9.53 Å². The fourth-order valence-electron chi connectivity index (χ4n) is 1.74. The fourth-order valence-corrected chi connectivity index (χ4v) is 1.74. The van der Waals surface area contributed by atoms with E-state index >= 15 is 0 Å². The number of hydrogen-bond acceptors (Lipinski definition) is 5. The highest BCUT2D eigenvalue weighted by Crippen LogP contribution is 2.24. The molecule has 112 valence electrons. The predicted octanol–water partition coefficient (Wildman–Crippen LogP) is 1.28. The van der Waals surface area contributed by atoms with Gasteiger partial charge in [-0.1, -0.05) is 24.3 Å². The summed E-state index contributed by atoms with van der Waals surface area (Å²) < 4.78 is 7.13. The standard InChI is InChI=1S/C14H19N5O2/c1-2-9-21-13-6-4-3-5-11(13)16-14(20)12-10-19(8-7-15)18-17-12/h3-6,10H,2,7-9,15H2,1H3,(H,16,20). The Morgan fingerprint density at radius 1 is 1.43 bits per heavy atom. The van der Waals surface area contributed by atoms with Crippen molar-refractivity contribution in [2.24, 2.45) is 5.73 Å². The Labute approximate surface area is 123 Å². The Balaban J connectivity index is 2.07. The van der Waals surface area contributed by atoms with Gasteiger partial charge < -0.3 is 15.8 Å². The number of rotatable bonds is 7. The van der Waals surface area contributed by atoms with Crippen LogP contribution < -0.4 is 15.8 Å². The van der Waals surface area contributed by atoms with Crippen LogP contribution in [-0.4, -0.2) is 34.1 Å². The van der Waals surface area contributed by atoms with Crippen molar-refractivity contribution in [3.63, 3.8) is 0 Å². The summed E-state index contributed by atoms with van der Waals surface area (Å²) in [6.07, 6.45) is 2.47. The van der Waals surface area contributed by atoms with Crippen molar-refractivity contribution in [1.29, 1.82) is 0 Å². The molecule has 0 aliphatic heterocycles. The maximum atomic E-state index is 12.1. The number of nitrogens with one attached hydrogen (secondary N) is 1. The van der Waals surface area contributed by atoms with Gasteiger partial charge in [0.05, 0.1) is 25.0 Å². The van der Waals surface area contributed by atoms with Crippen molar-refractivity contribution in [3.05, 3.63) is 36.2 Å². The predicted molar refractivity (Wildman–Crippen MR) is 79.3 cm³/mol. The first-order valence-electron chi connectivity index (χ1n) is 6.88. The second-order valence-corrected chi connectivity index (χ2v) is 4.45. The number of para-hydroxylation sites is 2. The van der Waals surface area contributed by atoms with Gasteiger partial charge in [-0.25, -0.2) is 0 Å². The summed E-state index contributed by atoms with van der Waals surface area (Å²) in [6.45, 7) is 3.59. The van der Waals surface area contributed by atoms with E-state index in [0.717, 1.165) is 6.42 Å². The minimum Gasteiger partial charge on any atom is -0.491 e. The summed E-state index contributed by atoms with van der Waals surface area (Å²) in [7, 11) is 0. The van der Waals surface area contributed by atoms with Gasteiger partial charge in [0.2, 0.25) is 0 Å². The van der Waals surface area contributed by atoms with Crippen LogP contribution >= 0.6 is 0 Å². The van der Waals surface area contributed by atoms with Crippen LogP contribution in [0.25, 0.3) is 0 Å². The third-order valence-corrected chi connectivity index (χ3v) is 2.73. The number of nitrogens with two attached hydrogens (primary N) is 1. The monoisotopic (exact) mass is 289 g/mol. The molecule has 0 aliphatic rings. The zero-order valence-corrected chi connectivity index (χ0v) is 12.0. The third kappa shape index (κ3) is 4.03. The summed E-state index contributed by atoms with van der Waals surface area (Å²) in [6, 6.07) is 7.29. The maximum absolute atomic E-state index is 12.1. The van der Waals surface area contributed by atoms with Crippen LogP contribution in [0.5, 0.6) is 5.75 Å². The molecule has 0 bridgehead atoms. The van der Waals surface area contributed by atoms with Gasteiger partial charge in [-0.3, -0.25) is 9.48 Å².